The average molecular weight is 266 g/mol. The Morgan fingerprint density at radius 1 is 1.50 bits per heavy atom. The molecule has 0 spiro atoms. The Morgan fingerprint density at radius 2 is 2.22 bits per heavy atom. The predicted molar refractivity (Wildman–Crippen MR) is 77.7 cm³/mol. The lowest BCUT2D eigenvalue weighted by molar-refractivity contribution is 0.707. The van der Waals surface area contributed by atoms with Gasteiger partial charge in [-0.2, -0.15) is 0 Å². The van der Waals surface area contributed by atoms with E-state index in [0.29, 0.717) is 5.02 Å². The lowest BCUT2D eigenvalue weighted by Crippen LogP contribution is -2.29. The second kappa shape index (κ2) is 5.61. The van der Waals surface area contributed by atoms with Gasteiger partial charge in [-0.3, -0.25) is 5.41 Å². The molecular weight excluding hydrogens is 246 g/mol. The molecule has 2 rings (SSSR count). The number of halogens is 1. The maximum atomic E-state index is 7.68. The molecule has 0 saturated heterocycles. The normalized spacial score (nSPS) is 14.6. The first kappa shape index (κ1) is 13.2. The highest BCUT2D eigenvalue weighted by atomic mass is 35.5. The summed E-state index contributed by atoms with van der Waals surface area (Å²) >= 11 is 6.08. The number of nitrogen functional groups attached to an aromatic ring is 1. The molecule has 3 nitrogen and oxygen atoms in total. The van der Waals surface area contributed by atoms with E-state index in [2.05, 4.69) is 11.8 Å². The first-order valence-electron chi connectivity index (χ1n) is 6.50. The third-order valence-corrected chi connectivity index (χ3v) is 3.49. The minimum atomic E-state index is 0.110. The van der Waals surface area contributed by atoms with Crippen LogP contribution in [0.25, 0.3) is 0 Å². The van der Waals surface area contributed by atoms with Crippen LogP contribution in [-0.4, -0.2) is 18.9 Å². The zero-order valence-corrected chi connectivity index (χ0v) is 11.5. The zero-order valence-electron chi connectivity index (χ0n) is 10.7. The van der Waals surface area contributed by atoms with E-state index in [1.807, 2.05) is 12.1 Å². The van der Waals surface area contributed by atoms with E-state index in [-0.39, 0.29) is 5.84 Å². The van der Waals surface area contributed by atoms with Crippen molar-refractivity contribution < 1.29 is 0 Å². The molecule has 0 unspecified atom stereocenters. The molecule has 98 valence electrons. The minimum absolute atomic E-state index is 0.110. The summed E-state index contributed by atoms with van der Waals surface area (Å²) in [6.45, 7) is 4.20. The number of anilines is 1. The fourth-order valence-electron chi connectivity index (χ4n) is 2.19. The quantitative estimate of drug-likeness (QED) is 0.613. The number of nitrogens with two attached hydrogens (primary N) is 1. The molecule has 0 bridgehead atoms. The van der Waals surface area contributed by atoms with Crippen LogP contribution in [-0.2, 0) is 0 Å². The number of nitrogens with one attached hydrogen (secondary N) is 1. The van der Waals surface area contributed by atoms with Crippen molar-refractivity contribution in [3.63, 3.8) is 0 Å². The smallest absolute Gasteiger partial charge is 0.124 e. The lowest BCUT2D eigenvalue weighted by atomic mass is 10.1. The molecule has 1 aromatic carbocycles. The Balaban J connectivity index is 2.30. The van der Waals surface area contributed by atoms with Crippen LogP contribution in [0.3, 0.4) is 0 Å². The van der Waals surface area contributed by atoms with E-state index in [4.69, 9.17) is 22.7 Å². The van der Waals surface area contributed by atoms with Crippen LogP contribution >= 0.6 is 11.6 Å². The highest BCUT2D eigenvalue weighted by molar-refractivity contribution is 6.31. The topological polar surface area (TPSA) is 53.1 Å². The molecule has 1 aromatic rings. The predicted octanol–water partition coefficient (Wildman–Crippen LogP) is 3.25. The van der Waals surface area contributed by atoms with E-state index >= 15 is 0 Å². The fraction of sp³-hybridized carbons (Fsp3) is 0.500. The van der Waals surface area contributed by atoms with E-state index in [1.165, 1.54) is 12.8 Å². The first-order valence-corrected chi connectivity index (χ1v) is 6.88. The molecule has 0 heterocycles. The summed E-state index contributed by atoms with van der Waals surface area (Å²) in [5.41, 5.74) is 7.45. The highest BCUT2D eigenvalue weighted by Crippen LogP contribution is 2.33. The number of nitrogens with zero attached hydrogens (tertiary/aromatic N) is 1. The molecule has 1 aliphatic rings. The standard InChI is InChI=1S/C14H20ClN3/c1-2-7-18(9-10-3-4-10)13-8-11(15)5-6-12(13)14(16)17/h5-6,8,10H,2-4,7,9H2,1H3,(H3,16,17). The molecular formula is C14H20ClN3. The first-order chi connectivity index (χ1) is 8.61. The Kier molecular flexibility index (Phi) is 4.12. The molecule has 4 heteroatoms. The van der Waals surface area contributed by atoms with E-state index in [0.717, 1.165) is 36.7 Å². The van der Waals surface area contributed by atoms with Gasteiger partial charge in [0.25, 0.3) is 0 Å². The number of rotatable bonds is 6. The maximum absolute atomic E-state index is 7.68. The molecule has 1 fully saturated rings. The van der Waals surface area contributed by atoms with Gasteiger partial charge in [-0.1, -0.05) is 18.5 Å². The van der Waals surface area contributed by atoms with Crippen molar-refractivity contribution in [2.75, 3.05) is 18.0 Å². The summed E-state index contributed by atoms with van der Waals surface area (Å²) in [6.07, 6.45) is 3.71. The summed E-state index contributed by atoms with van der Waals surface area (Å²) in [5, 5.41) is 8.38. The van der Waals surface area contributed by atoms with Crippen LogP contribution in [0, 0.1) is 11.3 Å². The summed E-state index contributed by atoms with van der Waals surface area (Å²) in [4.78, 5) is 2.32. The molecule has 0 aliphatic heterocycles. The van der Waals surface area contributed by atoms with Crippen LogP contribution in [0.5, 0.6) is 0 Å². The van der Waals surface area contributed by atoms with Gasteiger partial charge in [0, 0.05) is 29.4 Å². The van der Waals surface area contributed by atoms with Crippen molar-refractivity contribution in [1.29, 1.82) is 5.41 Å². The van der Waals surface area contributed by atoms with Crippen LogP contribution in [0.1, 0.15) is 31.7 Å². The Morgan fingerprint density at radius 3 is 2.78 bits per heavy atom. The lowest BCUT2D eigenvalue weighted by Gasteiger charge is -2.26. The molecule has 0 radical (unpaired) electrons. The van der Waals surface area contributed by atoms with Crippen LogP contribution in [0.4, 0.5) is 5.69 Å². The van der Waals surface area contributed by atoms with Gasteiger partial charge in [0.05, 0.1) is 0 Å². The average Bonchev–Trinajstić information content (AvgIpc) is 3.12. The summed E-state index contributed by atoms with van der Waals surface area (Å²) in [5.74, 6) is 0.911. The van der Waals surface area contributed by atoms with Gasteiger partial charge in [-0.15, -0.1) is 0 Å². The third-order valence-electron chi connectivity index (χ3n) is 3.26. The molecule has 1 aliphatic carbocycles. The SMILES string of the molecule is CCCN(CC1CC1)c1cc(Cl)ccc1C(=N)N. The van der Waals surface area contributed by atoms with Crippen molar-refractivity contribution in [2.24, 2.45) is 11.7 Å². The number of hydrogen-bond acceptors (Lipinski definition) is 2. The molecule has 3 N–H and O–H groups in total. The fourth-order valence-corrected chi connectivity index (χ4v) is 2.35. The highest BCUT2D eigenvalue weighted by Gasteiger charge is 2.25. The number of amidine groups is 1. The van der Waals surface area contributed by atoms with Crippen molar-refractivity contribution in [3.8, 4) is 0 Å². The Bertz CT molecular complexity index is 441. The van der Waals surface area contributed by atoms with Crippen molar-refractivity contribution in [2.45, 2.75) is 26.2 Å². The zero-order chi connectivity index (χ0) is 13.1. The maximum Gasteiger partial charge on any atom is 0.124 e. The van der Waals surface area contributed by atoms with Crippen molar-refractivity contribution in [1.82, 2.24) is 0 Å². The molecule has 0 aromatic heterocycles. The van der Waals surface area contributed by atoms with Gasteiger partial charge < -0.3 is 10.6 Å². The third kappa shape index (κ3) is 3.16. The van der Waals surface area contributed by atoms with Crippen LogP contribution in [0.2, 0.25) is 5.02 Å². The van der Waals surface area contributed by atoms with E-state index < -0.39 is 0 Å². The van der Waals surface area contributed by atoms with Gasteiger partial charge in [-0.05, 0) is 43.4 Å². The van der Waals surface area contributed by atoms with Crippen LogP contribution in [0.15, 0.2) is 18.2 Å². The van der Waals surface area contributed by atoms with Gasteiger partial charge >= 0.3 is 0 Å². The largest absolute Gasteiger partial charge is 0.384 e. The van der Waals surface area contributed by atoms with Gasteiger partial charge in [0.1, 0.15) is 5.84 Å². The number of hydrogen-bond donors (Lipinski definition) is 2. The molecule has 1 saturated carbocycles. The van der Waals surface area contributed by atoms with Crippen molar-refractivity contribution >= 4 is 23.1 Å². The minimum Gasteiger partial charge on any atom is -0.384 e. The molecule has 18 heavy (non-hydrogen) atoms. The van der Waals surface area contributed by atoms with Gasteiger partial charge in [0.2, 0.25) is 0 Å². The van der Waals surface area contributed by atoms with Gasteiger partial charge in [-0.25, -0.2) is 0 Å². The summed E-state index contributed by atoms with van der Waals surface area (Å²) in [7, 11) is 0. The Hall–Kier alpha value is -1.22. The summed E-state index contributed by atoms with van der Waals surface area (Å²) in [6, 6.07) is 5.56. The second-order valence-corrected chi connectivity index (χ2v) is 5.40. The van der Waals surface area contributed by atoms with E-state index in [9.17, 15) is 0 Å². The van der Waals surface area contributed by atoms with Crippen LogP contribution < -0.4 is 10.6 Å². The molecule has 0 atom stereocenters. The van der Waals surface area contributed by atoms with E-state index in [1.54, 1.807) is 6.07 Å². The monoisotopic (exact) mass is 265 g/mol. The van der Waals surface area contributed by atoms with Crippen molar-refractivity contribution in [3.05, 3.63) is 28.8 Å². The van der Waals surface area contributed by atoms with Gasteiger partial charge in [0.15, 0.2) is 0 Å². The summed E-state index contributed by atoms with van der Waals surface area (Å²) < 4.78 is 0. The second-order valence-electron chi connectivity index (χ2n) is 4.96. The number of benzene rings is 1. The molecule has 0 amide bonds. The Labute approximate surface area is 113 Å².